The SMILES string of the molecule is CCCCCCc1n(CCCC)cc[n+]1CCCc1ccccc1. The number of hydrogen-bond donors (Lipinski definition) is 0. The predicted molar refractivity (Wildman–Crippen MR) is 102 cm³/mol. The molecule has 24 heavy (non-hydrogen) atoms. The number of aromatic nitrogens is 2. The molecule has 2 aromatic rings. The molecule has 1 aromatic heterocycles. The van der Waals surface area contributed by atoms with Crippen LogP contribution in [0.4, 0.5) is 0 Å². The summed E-state index contributed by atoms with van der Waals surface area (Å²) >= 11 is 0. The smallest absolute Gasteiger partial charge is 0.234 e. The minimum absolute atomic E-state index is 1.14. The van der Waals surface area contributed by atoms with Gasteiger partial charge >= 0.3 is 0 Å². The molecular weight excluding hydrogens is 292 g/mol. The first-order valence-electron chi connectivity index (χ1n) is 9.96. The highest BCUT2D eigenvalue weighted by atomic mass is 15.1. The van der Waals surface area contributed by atoms with Crippen molar-refractivity contribution in [1.29, 1.82) is 0 Å². The molecule has 0 bridgehead atoms. The van der Waals surface area contributed by atoms with Crippen molar-refractivity contribution in [3.8, 4) is 0 Å². The predicted octanol–water partition coefficient (Wildman–Crippen LogP) is 5.33. The molecule has 0 aliphatic rings. The monoisotopic (exact) mass is 327 g/mol. The van der Waals surface area contributed by atoms with Gasteiger partial charge in [0.25, 0.3) is 5.82 Å². The second kappa shape index (κ2) is 11.1. The van der Waals surface area contributed by atoms with Crippen molar-refractivity contribution in [1.82, 2.24) is 4.57 Å². The molecule has 0 radical (unpaired) electrons. The zero-order chi connectivity index (χ0) is 17.0. The van der Waals surface area contributed by atoms with Crippen LogP contribution in [-0.4, -0.2) is 4.57 Å². The second-order valence-electron chi connectivity index (χ2n) is 6.85. The van der Waals surface area contributed by atoms with E-state index in [0.29, 0.717) is 0 Å². The number of nitrogens with zero attached hydrogens (tertiary/aromatic N) is 2. The van der Waals surface area contributed by atoms with Gasteiger partial charge in [0.05, 0.1) is 13.1 Å². The van der Waals surface area contributed by atoms with E-state index in [1.807, 2.05) is 0 Å². The Balaban J connectivity index is 1.92. The van der Waals surface area contributed by atoms with Gasteiger partial charge in [0, 0.05) is 6.42 Å². The summed E-state index contributed by atoms with van der Waals surface area (Å²) in [7, 11) is 0. The number of benzene rings is 1. The van der Waals surface area contributed by atoms with Crippen molar-refractivity contribution in [2.45, 2.75) is 84.7 Å². The molecule has 0 saturated heterocycles. The van der Waals surface area contributed by atoms with E-state index in [9.17, 15) is 0 Å². The molecule has 1 aromatic carbocycles. The average molecular weight is 328 g/mol. The van der Waals surface area contributed by atoms with E-state index >= 15 is 0 Å². The van der Waals surface area contributed by atoms with Crippen LogP contribution in [0.25, 0.3) is 0 Å². The number of hydrogen-bond acceptors (Lipinski definition) is 0. The largest absolute Gasteiger partial charge is 0.256 e. The van der Waals surface area contributed by atoms with Gasteiger partial charge in [-0.25, -0.2) is 9.13 Å². The van der Waals surface area contributed by atoms with Gasteiger partial charge in [-0.3, -0.25) is 0 Å². The fourth-order valence-corrected chi connectivity index (χ4v) is 3.33. The van der Waals surface area contributed by atoms with Crippen molar-refractivity contribution in [3.05, 3.63) is 54.1 Å². The molecule has 1 heterocycles. The quantitative estimate of drug-likeness (QED) is 0.368. The molecule has 0 atom stereocenters. The molecule has 0 saturated carbocycles. The lowest BCUT2D eigenvalue weighted by Crippen LogP contribution is -2.37. The highest BCUT2D eigenvalue weighted by Gasteiger charge is 2.16. The number of unbranched alkanes of at least 4 members (excludes halogenated alkanes) is 4. The Kier molecular flexibility index (Phi) is 8.65. The van der Waals surface area contributed by atoms with E-state index in [4.69, 9.17) is 0 Å². The average Bonchev–Trinajstić information content (AvgIpc) is 3.00. The van der Waals surface area contributed by atoms with Gasteiger partial charge in [-0.2, -0.15) is 0 Å². The summed E-state index contributed by atoms with van der Waals surface area (Å²) in [6.45, 7) is 6.87. The Bertz CT molecular complexity index is 557. The molecule has 0 fully saturated rings. The van der Waals surface area contributed by atoms with Gasteiger partial charge in [0.15, 0.2) is 0 Å². The van der Waals surface area contributed by atoms with E-state index in [1.165, 1.54) is 75.7 Å². The van der Waals surface area contributed by atoms with Gasteiger partial charge in [-0.15, -0.1) is 0 Å². The summed E-state index contributed by atoms with van der Waals surface area (Å²) in [5.74, 6) is 1.53. The number of imidazole rings is 1. The third-order valence-corrected chi connectivity index (χ3v) is 4.80. The van der Waals surface area contributed by atoms with Crippen LogP contribution in [0.3, 0.4) is 0 Å². The summed E-state index contributed by atoms with van der Waals surface area (Å²) in [5, 5.41) is 0. The Morgan fingerprint density at radius 3 is 2.38 bits per heavy atom. The Hall–Kier alpha value is -1.57. The summed E-state index contributed by atoms with van der Waals surface area (Å²) in [4.78, 5) is 0. The Labute approximate surface area is 148 Å². The summed E-state index contributed by atoms with van der Waals surface area (Å²) < 4.78 is 5.00. The molecule has 2 rings (SSSR count). The summed E-state index contributed by atoms with van der Waals surface area (Å²) in [6, 6.07) is 10.9. The zero-order valence-corrected chi connectivity index (χ0v) is 15.7. The highest BCUT2D eigenvalue weighted by Crippen LogP contribution is 2.08. The molecule has 2 heteroatoms. The third-order valence-electron chi connectivity index (χ3n) is 4.80. The second-order valence-corrected chi connectivity index (χ2v) is 6.85. The van der Waals surface area contributed by atoms with E-state index in [0.717, 1.165) is 6.54 Å². The fraction of sp³-hybridized carbons (Fsp3) is 0.591. The zero-order valence-electron chi connectivity index (χ0n) is 15.7. The Morgan fingerprint density at radius 1 is 0.833 bits per heavy atom. The van der Waals surface area contributed by atoms with E-state index in [1.54, 1.807) is 0 Å². The Morgan fingerprint density at radius 2 is 1.62 bits per heavy atom. The van der Waals surface area contributed by atoms with Crippen LogP contribution in [0.15, 0.2) is 42.7 Å². The normalized spacial score (nSPS) is 11.1. The first-order chi connectivity index (χ1) is 11.8. The molecule has 0 aliphatic heterocycles. The molecule has 0 aliphatic carbocycles. The van der Waals surface area contributed by atoms with Crippen LogP contribution >= 0.6 is 0 Å². The van der Waals surface area contributed by atoms with Crippen LogP contribution in [0.5, 0.6) is 0 Å². The van der Waals surface area contributed by atoms with Crippen molar-refractivity contribution in [2.24, 2.45) is 0 Å². The van der Waals surface area contributed by atoms with Gasteiger partial charge in [0.2, 0.25) is 0 Å². The van der Waals surface area contributed by atoms with Crippen LogP contribution in [0, 0.1) is 0 Å². The van der Waals surface area contributed by atoms with Crippen molar-refractivity contribution in [3.63, 3.8) is 0 Å². The van der Waals surface area contributed by atoms with E-state index in [2.05, 4.69) is 65.7 Å². The highest BCUT2D eigenvalue weighted by molar-refractivity contribution is 5.14. The molecule has 0 unspecified atom stereocenters. The third kappa shape index (κ3) is 6.14. The summed E-state index contributed by atoms with van der Waals surface area (Å²) in [6.07, 6.45) is 16.1. The van der Waals surface area contributed by atoms with Gasteiger partial charge in [0.1, 0.15) is 12.4 Å². The summed E-state index contributed by atoms with van der Waals surface area (Å²) in [5.41, 5.74) is 1.45. The molecule has 2 nitrogen and oxygen atoms in total. The van der Waals surface area contributed by atoms with Crippen molar-refractivity contribution in [2.75, 3.05) is 0 Å². The lowest BCUT2D eigenvalue weighted by Gasteiger charge is -2.06. The first kappa shape index (κ1) is 18.8. The van der Waals surface area contributed by atoms with E-state index in [-0.39, 0.29) is 0 Å². The maximum absolute atomic E-state index is 2.50. The van der Waals surface area contributed by atoms with Crippen LogP contribution in [-0.2, 0) is 25.9 Å². The lowest BCUT2D eigenvalue weighted by atomic mass is 10.1. The fourth-order valence-electron chi connectivity index (χ4n) is 3.33. The van der Waals surface area contributed by atoms with Gasteiger partial charge in [-0.05, 0) is 31.2 Å². The standard InChI is InChI=1S/C22H35N2/c1-3-5-7-11-16-22-23(17-6-4-2)19-20-24(22)18-12-15-21-13-9-8-10-14-21/h8-10,13-14,19-20H,3-7,11-12,15-18H2,1-2H3/q+1. The van der Waals surface area contributed by atoms with Crippen LogP contribution in [0.2, 0.25) is 0 Å². The molecule has 0 spiro atoms. The first-order valence-corrected chi connectivity index (χ1v) is 9.96. The topological polar surface area (TPSA) is 8.81 Å². The maximum atomic E-state index is 2.50. The molecule has 0 N–H and O–H groups in total. The molecule has 0 amide bonds. The van der Waals surface area contributed by atoms with Crippen molar-refractivity contribution >= 4 is 0 Å². The minimum Gasteiger partial charge on any atom is -0.234 e. The number of aryl methyl sites for hydroxylation is 3. The molecular formula is C22H35N2+. The molecule has 132 valence electrons. The van der Waals surface area contributed by atoms with Crippen LogP contribution < -0.4 is 4.57 Å². The van der Waals surface area contributed by atoms with E-state index < -0.39 is 0 Å². The van der Waals surface area contributed by atoms with Gasteiger partial charge in [-0.1, -0.05) is 69.9 Å². The van der Waals surface area contributed by atoms with Crippen molar-refractivity contribution < 1.29 is 4.57 Å². The maximum Gasteiger partial charge on any atom is 0.256 e. The van der Waals surface area contributed by atoms with Gasteiger partial charge < -0.3 is 0 Å². The number of rotatable bonds is 12. The minimum atomic E-state index is 1.14. The lowest BCUT2D eigenvalue weighted by molar-refractivity contribution is -0.704. The van der Waals surface area contributed by atoms with Crippen LogP contribution in [0.1, 0.15) is 70.2 Å².